The smallest absolute Gasteiger partial charge is 0.150 e. The van der Waals surface area contributed by atoms with Gasteiger partial charge in [0.05, 0.1) is 0 Å². The van der Waals surface area contributed by atoms with Gasteiger partial charge in [0.2, 0.25) is 0 Å². The van der Waals surface area contributed by atoms with Crippen LogP contribution in [-0.2, 0) is 6.42 Å². The predicted molar refractivity (Wildman–Crippen MR) is 83.6 cm³/mol. The number of rotatable bonds is 5. The van der Waals surface area contributed by atoms with Gasteiger partial charge in [0.15, 0.2) is 0 Å². The van der Waals surface area contributed by atoms with E-state index in [-0.39, 0.29) is 17.5 Å². The van der Waals surface area contributed by atoms with E-state index in [2.05, 4.69) is 21.2 Å². The second kappa shape index (κ2) is 6.89. The third-order valence-electron chi connectivity index (χ3n) is 3.20. The lowest BCUT2D eigenvalue weighted by Crippen LogP contribution is -2.18. The first-order valence-corrected chi connectivity index (χ1v) is 7.44. The number of nitrogens with one attached hydrogen (secondary N) is 1. The molecule has 5 heteroatoms. The van der Waals surface area contributed by atoms with E-state index in [9.17, 15) is 13.9 Å². The quantitative estimate of drug-likeness (QED) is 0.802. The maximum Gasteiger partial charge on any atom is 0.150 e. The summed E-state index contributed by atoms with van der Waals surface area (Å²) in [7, 11) is 0. The second-order valence-corrected chi connectivity index (χ2v) is 5.91. The van der Waals surface area contributed by atoms with E-state index in [4.69, 9.17) is 0 Å². The number of anilines is 1. The highest BCUT2D eigenvalue weighted by Crippen LogP contribution is 2.25. The van der Waals surface area contributed by atoms with Gasteiger partial charge in [-0.1, -0.05) is 28.1 Å². The molecule has 2 aromatic carbocycles. The van der Waals surface area contributed by atoms with Crippen molar-refractivity contribution >= 4 is 21.6 Å². The van der Waals surface area contributed by atoms with Crippen molar-refractivity contribution in [3.05, 3.63) is 58.1 Å². The molecule has 0 aliphatic carbocycles. The molecule has 0 bridgehead atoms. The maximum absolute atomic E-state index is 13.7. The van der Waals surface area contributed by atoms with Gasteiger partial charge >= 0.3 is 0 Å². The zero-order chi connectivity index (χ0) is 15.4. The summed E-state index contributed by atoms with van der Waals surface area (Å²) in [6.07, 6.45) is 1.48. The minimum atomic E-state index is -0.613. The molecule has 0 aliphatic rings. The van der Waals surface area contributed by atoms with Gasteiger partial charge in [0, 0.05) is 10.5 Å². The fourth-order valence-corrected chi connectivity index (χ4v) is 2.45. The van der Waals surface area contributed by atoms with E-state index >= 15 is 0 Å². The van der Waals surface area contributed by atoms with Crippen LogP contribution < -0.4 is 5.32 Å². The molecule has 0 aromatic heterocycles. The van der Waals surface area contributed by atoms with Crippen LogP contribution in [-0.4, -0.2) is 11.1 Å². The largest absolute Gasteiger partial charge is 0.508 e. The van der Waals surface area contributed by atoms with E-state index in [0.29, 0.717) is 4.47 Å². The van der Waals surface area contributed by atoms with Crippen LogP contribution in [0.4, 0.5) is 14.5 Å². The Balaban J connectivity index is 1.96. The highest BCUT2D eigenvalue weighted by molar-refractivity contribution is 9.10. The van der Waals surface area contributed by atoms with E-state index in [1.807, 2.05) is 19.1 Å². The van der Waals surface area contributed by atoms with Crippen LogP contribution in [0.25, 0.3) is 0 Å². The van der Waals surface area contributed by atoms with Gasteiger partial charge in [-0.3, -0.25) is 0 Å². The molecule has 0 saturated carbocycles. The fourth-order valence-electron chi connectivity index (χ4n) is 2.04. The Morgan fingerprint density at radius 3 is 2.29 bits per heavy atom. The minimum Gasteiger partial charge on any atom is -0.508 e. The summed E-state index contributed by atoms with van der Waals surface area (Å²) in [5.74, 6) is -0.999. The maximum atomic E-state index is 13.7. The summed E-state index contributed by atoms with van der Waals surface area (Å²) in [5, 5.41) is 12.1. The Hall–Kier alpha value is -1.62. The SMILES string of the molecule is CC(CCc1ccc(O)cc1)Nc1c(F)cc(Br)cc1F. The fraction of sp³-hybridized carbons (Fsp3) is 0.250. The molecule has 2 nitrogen and oxygen atoms in total. The predicted octanol–water partition coefficient (Wildman–Crippen LogP) is 4.87. The molecule has 0 aliphatic heterocycles. The number of phenols is 1. The highest BCUT2D eigenvalue weighted by Gasteiger charge is 2.13. The molecule has 2 rings (SSSR count). The molecular formula is C16H16BrF2NO. The molecule has 0 heterocycles. The van der Waals surface area contributed by atoms with Crippen LogP contribution in [0.3, 0.4) is 0 Å². The van der Waals surface area contributed by atoms with Gasteiger partial charge in [0.1, 0.15) is 23.1 Å². The zero-order valence-corrected chi connectivity index (χ0v) is 13.1. The molecule has 0 saturated heterocycles. The summed E-state index contributed by atoms with van der Waals surface area (Å²) in [6, 6.07) is 9.31. The van der Waals surface area contributed by atoms with Crippen LogP contribution in [0.5, 0.6) is 5.75 Å². The third-order valence-corrected chi connectivity index (χ3v) is 3.66. The van der Waals surface area contributed by atoms with Gasteiger partial charge in [-0.15, -0.1) is 0 Å². The van der Waals surface area contributed by atoms with Gasteiger partial charge in [0.25, 0.3) is 0 Å². The Morgan fingerprint density at radius 2 is 1.71 bits per heavy atom. The molecule has 0 fully saturated rings. The average Bonchev–Trinajstić information content (AvgIpc) is 2.42. The van der Waals surface area contributed by atoms with Crippen molar-refractivity contribution in [3.63, 3.8) is 0 Å². The Labute approximate surface area is 130 Å². The van der Waals surface area contributed by atoms with E-state index in [1.54, 1.807) is 12.1 Å². The molecular weight excluding hydrogens is 340 g/mol. The van der Waals surface area contributed by atoms with Crippen molar-refractivity contribution in [3.8, 4) is 5.75 Å². The Kier molecular flexibility index (Phi) is 5.17. The number of halogens is 3. The van der Waals surface area contributed by atoms with Gasteiger partial charge in [-0.25, -0.2) is 8.78 Å². The second-order valence-electron chi connectivity index (χ2n) is 4.99. The van der Waals surface area contributed by atoms with Crippen molar-refractivity contribution in [2.45, 2.75) is 25.8 Å². The standard InChI is InChI=1S/C16H16BrF2NO/c1-10(2-3-11-4-6-13(21)7-5-11)20-16-14(18)8-12(17)9-15(16)19/h4-10,20-21H,2-3H2,1H3. The van der Waals surface area contributed by atoms with Crippen molar-refractivity contribution in [1.82, 2.24) is 0 Å². The molecule has 2 N–H and O–H groups in total. The van der Waals surface area contributed by atoms with E-state index < -0.39 is 11.6 Å². The molecule has 1 atom stereocenters. The van der Waals surface area contributed by atoms with Gasteiger partial charge in [-0.05, 0) is 49.6 Å². The lowest BCUT2D eigenvalue weighted by molar-refractivity contribution is 0.475. The normalized spacial score (nSPS) is 12.2. The molecule has 0 radical (unpaired) electrons. The van der Waals surface area contributed by atoms with Crippen LogP contribution in [0, 0.1) is 11.6 Å². The van der Waals surface area contributed by atoms with Crippen LogP contribution in [0.2, 0.25) is 0 Å². The summed E-state index contributed by atoms with van der Waals surface area (Å²) >= 11 is 3.05. The lowest BCUT2D eigenvalue weighted by atomic mass is 10.1. The van der Waals surface area contributed by atoms with E-state index in [1.165, 1.54) is 12.1 Å². The number of phenolic OH excluding ortho intramolecular Hbond substituents is 1. The average molecular weight is 356 g/mol. The first-order valence-electron chi connectivity index (χ1n) is 6.64. The van der Waals surface area contributed by atoms with Crippen molar-refractivity contribution < 1.29 is 13.9 Å². The molecule has 21 heavy (non-hydrogen) atoms. The van der Waals surface area contributed by atoms with Gasteiger partial charge in [-0.2, -0.15) is 0 Å². The number of hydrogen-bond acceptors (Lipinski definition) is 2. The van der Waals surface area contributed by atoms with Crippen LogP contribution in [0.1, 0.15) is 18.9 Å². The monoisotopic (exact) mass is 355 g/mol. The summed E-state index contributed by atoms with van der Waals surface area (Å²) < 4.78 is 27.8. The molecule has 112 valence electrons. The number of hydrogen-bond donors (Lipinski definition) is 2. The highest BCUT2D eigenvalue weighted by atomic mass is 79.9. The molecule has 1 unspecified atom stereocenters. The Bertz CT molecular complexity index is 593. The lowest BCUT2D eigenvalue weighted by Gasteiger charge is -2.16. The van der Waals surface area contributed by atoms with E-state index in [0.717, 1.165) is 18.4 Å². The van der Waals surface area contributed by atoms with Gasteiger partial charge < -0.3 is 10.4 Å². The summed E-state index contributed by atoms with van der Waals surface area (Å²) in [6.45, 7) is 1.88. The molecule has 2 aromatic rings. The number of benzene rings is 2. The zero-order valence-electron chi connectivity index (χ0n) is 11.5. The topological polar surface area (TPSA) is 32.3 Å². The number of aromatic hydroxyl groups is 1. The van der Waals surface area contributed by atoms with Crippen LogP contribution >= 0.6 is 15.9 Å². The first-order chi connectivity index (χ1) is 9.95. The molecule has 0 amide bonds. The third kappa shape index (κ3) is 4.43. The molecule has 0 spiro atoms. The summed E-state index contributed by atoms with van der Waals surface area (Å²) in [5.41, 5.74) is 0.967. The van der Waals surface area contributed by atoms with Crippen molar-refractivity contribution in [2.75, 3.05) is 5.32 Å². The summed E-state index contributed by atoms with van der Waals surface area (Å²) in [4.78, 5) is 0. The first kappa shape index (κ1) is 15.8. The minimum absolute atomic E-state index is 0.0796. The number of aryl methyl sites for hydroxylation is 1. The Morgan fingerprint density at radius 1 is 1.14 bits per heavy atom. The van der Waals surface area contributed by atoms with Crippen molar-refractivity contribution in [1.29, 1.82) is 0 Å². The van der Waals surface area contributed by atoms with Crippen LogP contribution in [0.15, 0.2) is 40.9 Å². The van der Waals surface area contributed by atoms with Crippen molar-refractivity contribution in [2.24, 2.45) is 0 Å².